The van der Waals surface area contributed by atoms with Gasteiger partial charge in [-0.05, 0) is 19.4 Å². The van der Waals surface area contributed by atoms with Crippen LogP contribution in [0.25, 0.3) is 11.3 Å². The zero-order valence-corrected chi connectivity index (χ0v) is 8.74. The van der Waals surface area contributed by atoms with Gasteiger partial charge in [0.25, 0.3) is 0 Å². The van der Waals surface area contributed by atoms with E-state index in [1.54, 1.807) is 13.1 Å². The fraction of sp³-hybridized carbons (Fsp3) is 0.167. The molecule has 3 heteroatoms. The molecule has 3 nitrogen and oxygen atoms in total. The Bertz CT molecular complexity index is 483. The van der Waals surface area contributed by atoms with Gasteiger partial charge < -0.3 is 4.98 Å². The molecule has 2 rings (SSSR count). The van der Waals surface area contributed by atoms with Gasteiger partial charge in [0.1, 0.15) is 5.82 Å². The molecule has 0 aliphatic heterocycles. The molecular formula is C12H12N2O. The monoisotopic (exact) mass is 200 g/mol. The van der Waals surface area contributed by atoms with Crippen LogP contribution in [0.5, 0.6) is 0 Å². The van der Waals surface area contributed by atoms with Gasteiger partial charge >= 0.3 is 0 Å². The maximum absolute atomic E-state index is 11.1. The Hall–Kier alpha value is -1.90. The first-order chi connectivity index (χ1) is 7.16. The SMILES string of the molecule is CC(=O)c1ccc(-c2cnc(C)[nH]2)cc1. The number of Topliss-reactive ketones (excluding diaryl/α,β-unsaturated/α-hetero) is 1. The van der Waals surface area contributed by atoms with Gasteiger partial charge in [0.15, 0.2) is 5.78 Å². The number of hydrogen-bond acceptors (Lipinski definition) is 2. The fourth-order valence-corrected chi connectivity index (χ4v) is 1.45. The molecule has 76 valence electrons. The van der Waals surface area contributed by atoms with Crippen LogP contribution in [0.1, 0.15) is 23.1 Å². The van der Waals surface area contributed by atoms with Crippen molar-refractivity contribution in [2.75, 3.05) is 0 Å². The van der Waals surface area contributed by atoms with Crippen LogP contribution in [0.3, 0.4) is 0 Å². The van der Waals surface area contributed by atoms with E-state index in [2.05, 4.69) is 9.97 Å². The molecule has 1 aromatic heterocycles. The molecule has 0 saturated heterocycles. The molecule has 0 atom stereocenters. The summed E-state index contributed by atoms with van der Waals surface area (Å²) in [4.78, 5) is 18.4. The lowest BCUT2D eigenvalue weighted by Crippen LogP contribution is -1.90. The highest BCUT2D eigenvalue weighted by Gasteiger charge is 2.02. The Kier molecular flexibility index (Phi) is 2.37. The van der Waals surface area contributed by atoms with Gasteiger partial charge in [-0.15, -0.1) is 0 Å². The van der Waals surface area contributed by atoms with Gasteiger partial charge in [0.05, 0.1) is 11.9 Å². The number of hydrogen-bond donors (Lipinski definition) is 1. The van der Waals surface area contributed by atoms with Crippen molar-refractivity contribution in [1.82, 2.24) is 9.97 Å². The standard InChI is InChI=1S/C12H12N2O/c1-8(15)10-3-5-11(6-4-10)12-7-13-9(2)14-12/h3-7H,1-2H3,(H,13,14). The van der Waals surface area contributed by atoms with Gasteiger partial charge in [0, 0.05) is 5.56 Å². The van der Waals surface area contributed by atoms with Gasteiger partial charge in [-0.2, -0.15) is 0 Å². The molecule has 1 heterocycles. The smallest absolute Gasteiger partial charge is 0.159 e. The molecule has 2 aromatic rings. The molecule has 0 aliphatic carbocycles. The first kappa shape index (κ1) is 9.65. The minimum absolute atomic E-state index is 0.0855. The second kappa shape index (κ2) is 3.69. The molecule has 1 N–H and O–H groups in total. The van der Waals surface area contributed by atoms with Crippen molar-refractivity contribution in [3.05, 3.63) is 41.9 Å². The fourth-order valence-electron chi connectivity index (χ4n) is 1.45. The number of ketones is 1. The quantitative estimate of drug-likeness (QED) is 0.757. The summed E-state index contributed by atoms with van der Waals surface area (Å²) in [7, 11) is 0. The third-order valence-electron chi connectivity index (χ3n) is 2.31. The number of carbonyl (C=O) groups is 1. The summed E-state index contributed by atoms with van der Waals surface area (Å²) in [5.74, 6) is 0.975. The Morgan fingerprint density at radius 3 is 2.40 bits per heavy atom. The van der Waals surface area contributed by atoms with Crippen LogP contribution in [-0.4, -0.2) is 15.8 Å². The highest BCUT2D eigenvalue weighted by molar-refractivity contribution is 5.94. The van der Waals surface area contributed by atoms with Crippen LogP contribution in [0.2, 0.25) is 0 Å². The van der Waals surface area contributed by atoms with E-state index in [4.69, 9.17) is 0 Å². The first-order valence-corrected chi connectivity index (χ1v) is 4.80. The van der Waals surface area contributed by atoms with Gasteiger partial charge in [0.2, 0.25) is 0 Å². The molecule has 0 radical (unpaired) electrons. The van der Waals surface area contributed by atoms with Crippen molar-refractivity contribution in [1.29, 1.82) is 0 Å². The van der Waals surface area contributed by atoms with Crippen LogP contribution in [0.15, 0.2) is 30.5 Å². The molecule has 0 aliphatic rings. The topological polar surface area (TPSA) is 45.8 Å². The average Bonchev–Trinajstić information content (AvgIpc) is 2.65. The molecule has 0 amide bonds. The maximum Gasteiger partial charge on any atom is 0.159 e. The van der Waals surface area contributed by atoms with Crippen molar-refractivity contribution in [3.8, 4) is 11.3 Å². The molecule has 0 unspecified atom stereocenters. The summed E-state index contributed by atoms with van der Waals surface area (Å²) in [5, 5.41) is 0. The Balaban J connectivity index is 2.35. The predicted octanol–water partition coefficient (Wildman–Crippen LogP) is 2.59. The molecule has 15 heavy (non-hydrogen) atoms. The maximum atomic E-state index is 11.1. The van der Waals surface area contributed by atoms with E-state index in [-0.39, 0.29) is 5.78 Å². The van der Waals surface area contributed by atoms with Crippen molar-refractivity contribution >= 4 is 5.78 Å². The van der Waals surface area contributed by atoms with E-state index in [0.29, 0.717) is 0 Å². The number of rotatable bonds is 2. The number of nitrogens with zero attached hydrogens (tertiary/aromatic N) is 1. The summed E-state index contributed by atoms with van der Waals surface area (Å²) >= 11 is 0. The second-order valence-corrected chi connectivity index (χ2v) is 3.52. The van der Waals surface area contributed by atoms with E-state index in [9.17, 15) is 4.79 Å². The molecular weight excluding hydrogens is 188 g/mol. The van der Waals surface area contributed by atoms with Crippen LogP contribution >= 0.6 is 0 Å². The van der Waals surface area contributed by atoms with Crippen LogP contribution < -0.4 is 0 Å². The third-order valence-corrected chi connectivity index (χ3v) is 2.31. The summed E-state index contributed by atoms with van der Waals surface area (Å²) in [6.45, 7) is 3.47. The minimum Gasteiger partial charge on any atom is -0.342 e. The van der Waals surface area contributed by atoms with Crippen molar-refractivity contribution in [3.63, 3.8) is 0 Å². The predicted molar refractivity (Wildman–Crippen MR) is 58.8 cm³/mol. The molecule has 0 saturated carbocycles. The number of benzene rings is 1. The number of nitrogens with one attached hydrogen (secondary N) is 1. The Morgan fingerprint density at radius 1 is 1.27 bits per heavy atom. The number of aromatic nitrogens is 2. The van der Waals surface area contributed by atoms with Gasteiger partial charge in [-0.3, -0.25) is 4.79 Å². The largest absolute Gasteiger partial charge is 0.342 e. The molecule has 1 aromatic carbocycles. The summed E-state index contributed by atoms with van der Waals surface area (Å²) in [6.07, 6.45) is 1.79. The van der Waals surface area contributed by atoms with Gasteiger partial charge in [-0.25, -0.2) is 4.98 Å². The third kappa shape index (κ3) is 1.96. The summed E-state index contributed by atoms with van der Waals surface area (Å²) in [5.41, 5.74) is 2.75. The highest BCUT2D eigenvalue weighted by Crippen LogP contribution is 2.17. The lowest BCUT2D eigenvalue weighted by molar-refractivity contribution is 0.101. The van der Waals surface area contributed by atoms with E-state index < -0.39 is 0 Å². The molecule has 0 bridgehead atoms. The number of aromatic amines is 1. The normalized spacial score (nSPS) is 10.3. The number of aryl methyl sites for hydroxylation is 1. The summed E-state index contributed by atoms with van der Waals surface area (Å²) in [6, 6.07) is 7.50. The van der Waals surface area contributed by atoms with Crippen molar-refractivity contribution < 1.29 is 4.79 Å². The van der Waals surface area contributed by atoms with Crippen molar-refractivity contribution in [2.24, 2.45) is 0 Å². The van der Waals surface area contributed by atoms with E-state index in [1.165, 1.54) is 0 Å². The number of imidazole rings is 1. The zero-order valence-electron chi connectivity index (χ0n) is 8.74. The highest BCUT2D eigenvalue weighted by atomic mass is 16.1. The van der Waals surface area contributed by atoms with E-state index in [1.807, 2.05) is 31.2 Å². The zero-order chi connectivity index (χ0) is 10.8. The lowest BCUT2D eigenvalue weighted by Gasteiger charge is -1.98. The number of carbonyl (C=O) groups excluding carboxylic acids is 1. The minimum atomic E-state index is 0.0855. The van der Waals surface area contributed by atoms with E-state index in [0.717, 1.165) is 22.6 Å². The van der Waals surface area contributed by atoms with E-state index >= 15 is 0 Å². The van der Waals surface area contributed by atoms with Gasteiger partial charge in [-0.1, -0.05) is 24.3 Å². The van der Waals surface area contributed by atoms with Crippen LogP contribution in [-0.2, 0) is 0 Å². The Labute approximate surface area is 88.2 Å². The summed E-state index contributed by atoms with van der Waals surface area (Å²) < 4.78 is 0. The molecule has 0 spiro atoms. The second-order valence-electron chi connectivity index (χ2n) is 3.52. The first-order valence-electron chi connectivity index (χ1n) is 4.80. The average molecular weight is 200 g/mol. The van der Waals surface area contributed by atoms with Crippen molar-refractivity contribution in [2.45, 2.75) is 13.8 Å². The lowest BCUT2D eigenvalue weighted by atomic mass is 10.1. The Morgan fingerprint density at radius 2 is 1.93 bits per heavy atom. The van der Waals surface area contributed by atoms with Crippen LogP contribution in [0.4, 0.5) is 0 Å². The number of H-pyrrole nitrogens is 1. The molecule has 0 fully saturated rings. The van der Waals surface area contributed by atoms with Crippen LogP contribution in [0, 0.1) is 6.92 Å².